The van der Waals surface area contributed by atoms with Gasteiger partial charge in [0, 0.05) is 20.0 Å². The maximum atomic E-state index is 13.6. The standard InChI is InChI=1S/C10H14FN3/c1-6-8(11)9(7-4-5-7)13-10(12-6)14(2)3/h7H,4-5H2,1-3H3. The van der Waals surface area contributed by atoms with Crippen LogP contribution in [-0.4, -0.2) is 24.1 Å². The van der Waals surface area contributed by atoms with Gasteiger partial charge in [0.25, 0.3) is 0 Å². The second-order valence-corrected chi connectivity index (χ2v) is 3.98. The molecule has 0 unspecified atom stereocenters. The maximum absolute atomic E-state index is 13.6. The molecule has 14 heavy (non-hydrogen) atoms. The van der Waals surface area contributed by atoms with Crippen molar-refractivity contribution < 1.29 is 4.39 Å². The van der Waals surface area contributed by atoms with E-state index >= 15 is 0 Å². The van der Waals surface area contributed by atoms with Crippen LogP contribution in [0.15, 0.2) is 0 Å². The molecule has 0 atom stereocenters. The Morgan fingerprint density at radius 3 is 2.43 bits per heavy atom. The van der Waals surface area contributed by atoms with E-state index in [9.17, 15) is 4.39 Å². The molecule has 0 saturated heterocycles. The summed E-state index contributed by atoms with van der Waals surface area (Å²) in [5, 5.41) is 0. The van der Waals surface area contributed by atoms with Gasteiger partial charge >= 0.3 is 0 Å². The minimum absolute atomic E-state index is 0.224. The molecule has 0 aromatic carbocycles. The van der Waals surface area contributed by atoms with Crippen molar-refractivity contribution in [3.05, 3.63) is 17.2 Å². The van der Waals surface area contributed by atoms with E-state index in [0.29, 0.717) is 23.3 Å². The predicted molar refractivity (Wildman–Crippen MR) is 53.0 cm³/mol. The summed E-state index contributed by atoms with van der Waals surface area (Å²) in [6, 6.07) is 0. The monoisotopic (exact) mass is 195 g/mol. The van der Waals surface area contributed by atoms with Crippen LogP contribution >= 0.6 is 0 Å². The van der Waals surface area contributed by atoms with Crippen LogP contribution in [0.1, 0.15) is 30.1 Å². The van der Waals surface area contributed by atoms with Crippen molar-refractivity contribution in [2.75, 3.05) is 19.0 Å². The summed E-state index contributed by atoms with van der Waals surface area (Å²) in [5.74, 6) is 0.708. The van der Waals surface area contributed by atoms with Gasteiger partial charge in [-0.1, -0.05) is 0 Å². The molecular weight excluding hydrogens is 181 g/mol. The lowest BCUT2D eigenvalue weighted by atomic mass is 10.2. The first-order valence-electron chi connectivity index (χ1n) is 4.81. The van der Waals surface area contributed by atoms with Gasteiger partial charge in [-0.25, -0.2) is 14.4 Å². The fourth-order valence-electron chi connectivity index (χ4n) is 1.39. The zero-order chi connectivity index (χ0) is 10.3. The Bertz CT molecular complexity index is 359. The molecule has 1 aromatic rings. The zero-order valence-corrected chi connectivity index (χ0v) is 8.71. The lowest BCUT2D eigenvalue weighted by Crippen LogP contribution is -2.15. The third-order valence-electron chi connectivity index (χ3n) is 2.39. The van der Waals surface area contributed by atoms with Gasteiger partial charge in [-0.2, -0.15) is 0 Å². The first-order valence-corrected chi connectivity index (χ1v) is 4.81. The van der Waals surface area contributed by atoms with Crippen LogP contribution in [-0.2, 0) is 0 Å². The third kappa shape index (κ3) is 1.56. The van der Waals surface area contributed by atoms with Crippen molar-refractivity contribution >= 4 is 5.95 Å². The quantitative estimate of drug-likeness (QED) is 0.721. The van der Waals surface area contributed by atoms with E-state index in [-0.39, 0.29) is 5.82 Å². The van der Waals surface area contributed by atoms with Crippen molar-refractivity contribution in [3.8, 4) is 0 Å². The molecular formula is C10H14FN3. The lowest BCUT2D eigenvalue weighted by molar-refractivity contribution is 0.579. The lowest BCUT2D eigenvalue weighted by Gasteiger charge is -2.12. The second-order valence-electron chi connectivity index (χ2n) is 3.98. The van der Waals surface area contributed by atoms with Crippen LogP contribution in [0.2, 0.25) is 0 Å². The van der Waals surface area contributed by atoms with E-state index in [4.69, 9.17) is 0 Å². The Morgan fingerprint density at radius 2 is 1.93 bits per heavy atom. The van der Waals surface area contributed by atoms with Crippen molar-refractivity contribution in [1.82, 2.24) is 9.97 Å². The van der Waals surface area contributed by atoms with Crippen LogP contribution in [0, 0.1) is 12.7 Å². The van der Waals surface area contributed by atoms with E-state index in [1.54, 1.807) is 11.8 Å². The molecule has 1 saturated carbocycles. The maximum Gasteiger partial charge on any atom is 0.225 e. The summed E-state index contributed by atoms with van der Waals surface area (Å²) in [5.41, 5.74) is 1.05. The van der Waals surface area contributed by atoms with Gasteiger partial charge in [0.05, 0.1) is 11.4 Å². The molecule has 2 rings (SSSR count). The van der Waals surface area contributed by atoms with Gasteiger partial charge < -0.3 is 4.90 Å². The second kappa shape index (κ2) is 3.19. The third-order valence-corrected chi connectivity index (χ3v) is 2.39. The average Bonchev–Trinajstić information content (AvgIpc) is 2.92. The average molecular weight is 195 g/mol. The number of halogens is 1. The van der Waals surface area contributed by atoms with Crippen LogP contribution in [0.3, 0.4) is 0 Å². The molecule has 1 heterocycles. The highest BCUT2D eigenvalue weighted by atomic mass is 19.1. The number of hydrogen-bond donors (Lipinski definition) is 0. The van der Waals surface area contributed by atoms with Crippen molar-refractivity contribution in [1.29, 1.82) is 0 Å². The van der Waals surface area contributed by atoms with E-state index in [0.717, 1.165) is 12.8 Å². The largest absolute Gasteiger partial charge is 0.347 e. The Balaban J connectivity index is 2.46. The van der Waals surface area contributed by atoms with Gasteiger partial charge in [0.15, 0.2) is 5.82 Å². The molecule has 0 amide bonds. The fraction of sp³-hybridized carbons (Fsp3) is 0.600. The molecule has 0 radical (unpaired) electrons. The highest BCUT2D eigenvalue weighted by Crippen LogP contribution is 2.40. The first kappa shape index (κ1) is 9.37. The number of hydrogen-bond acceptors (Lipinski definition) is 3. The highest BCUT2D eigenvalue weighted by Gasteiger charge is 2.30. The van der Waals surface area contributed by atoms with Crippen LogP contribution in [0.25, 0.3) is 0 Å². The fourth-order valence-corrected chi connectivity index (χ4v) is 1.39. The number of rotatable bonds is 2. The molecule has 1 aliphatic rings. The van der Waals surface area contributed by atoms with Crippen molar-refractivity contribution in [2.45, 2.75) is 25.7 Å². The molecule has 0 bridgehead atoms. The molecule has 3 nitrogen and oxygen atoms in total. The summed E-state index contributed by atoms with van der Waals surface area (Å²) in [7, 11) is 3.73. The van der Waals surface area contributed by atoms with Gasteiger partial charge in [0.2, 0.25) is 5.95 Å². The molecule has 0 N–H and O–H groups in total. The van der Waals surface area contributed by atoms with Crippen LogP contribution in [0.5, 0.6) is 0 Å². The van der Waals surface area contributed by atoms with Crippen molar-refractivity contribution in [3.63, 3.8) is 0 Å². The minimum Gasteiger partial charge on any atom is -0.347 e. The van der Waals surface area contributed by atoms with Crippen LogP contribution < -0.4 is 4.90 Å². The molecule has 1 fully saturated rings. The van der Waals surface area contributed by atoms with Gasteiger partial charge in [-0.05, 0) is 19.8 Å². The summed E-state index contributed by atoms with van der Waals surface area (Å²) in [6.45, 7) is 1.69. The summed E-state index contributed by atoms with van der Waals surface area (Å²) in [4.78, 5) is 10.1. The Labute approximate surface area is 83.0 Å². The van der Waals surface area contributed by atoms with Gasteiger partial charge in [0.1, 0.15) is 0 Å². The van der Waals surface area contributed by atoms with E-state index < -0.39 is 0 Å². The number of aromatic nitrogens is 2. The zero-order valence-electron chi connectivity index (χ0n) is 8.71. The number of nitrogens with zero attached hydrogens (tertiary/aromatic N) is 3. The first-order chi connectivity index (χ1) is 6.59. The molecule has 1 aliphatic carbocycles. The summed E-state index contributed by atoms with van der Waals surface area (Å²) >= 11 is 0. The topological polar surface area (TPSA) is 29.0 Å². The minimum atomic E-state index is -0.224. The predicted octanol–water partition coefficient (Wildman–Crippen LogP) is 1.87. The normalized spacial score (nSPS) is 15.7. The Kier molecular flexibility index (Phi) is 2.13. The van der Waals surface area contributed by atoms with Gasteiger partial charge in [-0.3, -0.25) is 0 Å². The Hall–Kier alpha value is -1.19. The van der Waals surface area contributed by atoms with E-state index in [1.165, 1.54) is 0 Å². The van der Waals surface area contributed by atoms with Crippen LogP contribution in [0.4, 0.5) is 10.3 Å². The van der Waals surface area contributed by atoms with E-state index in [2.05, 4.69) is 9.97 Å². The number of anilines is 1. The molecule has 1 aromatic heterocycles. The molecule has 0 aliphatic heterocycles. The SMILES string of the molecule is Cc1nc(N(C)C)nc(C2CC2)c1F. The highest BCUT2D eigenvalue weighted by molar-refractivity contribution is 5.33. The molecule has 4 heteroatoms. The Morgan fingerprint density at radius 1 is 1.29 bits per heavy atom. The molecule has 76 valence electrons. The van der Waals surface area contributed by atoms with Crippen molar-refractivity contribution in [2.24, 2.45) is 0 Å². The molecule has 0 spiro atoms. The summed E-state index contributed by atoms with van der Waals surface area (Å²) < 4.78 is 13.6. The summed E-state index contributed by atoms with van der Waals surface area (Å²) in [6.07, 6.45) is 2.11. The van der Waals surface area contributed by atoms with E-state index in [1.807, 2.05) is 14.1 Å². The number of aryl methyl sites for hydroxylation is 1. The smallest absolute Gasteiger partial charge is 0.225 e. The van der Waals surface area contributed by atoms with Gasteiger partial charge in [-0.15, -0.1) is 0 Å².